The van der Waals surface area contributed by atoms with Crippen molar-refractivity contribution >= 4 is 79.7 Å². The lowest BCUT2D eigenvalue weighted by Crippen LogP contribution is -2.38. The van der Waals surface area contributed by atoms with Gasteiger partial charge in [-0.1, -0.05) is 180 Å². The Kier molecular flexibility index (Phi) is 36.1. The Balaban J connectivity index is 0.000000187. The van der Waals surface area contributed by atoms with Gasteiger partial charge in [0.15, 0.2) is 5.78 Å². The fraction of sp³-hybridized carbons (Fsp3) is 0.330. The molecule has 3 amide bonds. The quantitative estimate of drug-likeness (QED) is 0.0174. The second kappa shape index (κ2) is 47.0. The first-order valence-corrected chi connectivity index (χ1v) is 43.9. The van der Waals surface area contributed by atoms with Gasteiger partial charge in [0.25, 0.3) is 0 Å². The van der Waals surface area contributed by atoms with E-state index in [-0.39, 0.29) is 62.6 Å². The maximum absolute atomic E-state index is 13.3. The van der Waals surface area contributed by atoms with Gasteiger partial charge in [0.1, 0.15) is 93.7 Å². The fourth-order valence-electron chi connectivity index (χ4n) is 13.3. The summed E-state index contributed by atoms with van der Waals surface area (Å²) in [6.07, 6.45) is -0.599. The number of amides is 3. The average molecular weight is 1810 g/mol. The smallest absolute Gasteiger partial charge is 0.418 e. The molecule has 30 heteroatoms. The number of anilines is 7. The number of fused-ring (bicyclic) bond motifs is 2. The Morgan fingerprint density at radius 2 is 0.812 bits per heavy atom. The number of nitrogens with one attached hydrogen (secondary N) is 4. The molecule has 0 saturated carbocycles. The van der Waals surface area contributed by atoms with Crippen molar-refractivity contribution in [3.63, 3.8) is 0 Å². The van der Waals surface area contributed by atoms with Gasteiger partial charge in [-0.15, -0.1) is 0 Å². The molecule has 15 rings (SSSR count). The normalized spacial score (nSPS) is 12.7. The fourth-order valence-corrected chi connectivity index (χ4v) is 13.3. The van der Waals surface area contributed by atoms with Crippen LogP contribution in [0.4, 0.5) is 49.8 Å². The number of hydrazine groups is 1. The third-order valence-corrected chi connectivity index (χ3v) is 21.1. The lowest BCUT2D eigenvalue weighted by Gasteiger charge is -2.26. The number of carbonyl (C=O) groups is 3. The number of benzene rings is 10. The number of nitrogens with two attached hydrogens (primary N) is 4. The molecule has 133 heavy (non-hydrogen) atoms. The number of hydrogen-bond donors (Lipinski definition) is 13. The van der Waals surface area contributed by atoms with Gasteiger partial charge < -0.3 is 77.2 Å². The molecule has 2 saturated heterocycles. The Bertz CT molecular complexity index is 6100. The van der Waals surface area contributed by atoms with E-state index in [0.29, 0.717) is 70.5 Å². The van der Waals surface area contributed by atoms with Crippen molar-refractivity contribution < 1.29 is 63.6 Å². The number of aryl methyl sites for hydroxylation is 5. The van der Waals surface area contributed by atoms with Crippen LogP contribution in [0.1, 0.15) is 134 Å². The van der Waals surface area contributed by atoms with Crippen LogP contribution < -0.4 is 58.6 Å². The number of phenols is 5. The summed E-state index contributed by atoms with van der Waals surface area (Å²) in [5.41, 5.74) is 30.1. The van der Waals surface area contributed by atoms with Crippen molar-refractivity contribution in [2.75, 3.05) is 117 Å². The van der Waals surface area contributed by atoms with E-state index in [1.807, 2.05) is 204 Å². The Morgan fingerprint density at radius 1 is 0.429 bits per heavy atom. The number of aromatic hydroxyl groups is 5. The number of aromatic nitrogens is 6. The summed E-state index contributed by atoms with van der Waals surface area (Å²) in [6, 6.07) is 65.8. The Morgan fingerprint density at radius 3 is 1.23 bits per heavy atom. The van der Waals surface area contributed by atoms with E-state index in [1.165, 1.54) is 4.68 Å². The summed E-state index contributed by atoms with van der Waals surface area (Å²) in [6.45, 7) is 43.5. The molecular formula is C103H129N17O13. The molecule has 704 valence electrons. The zero-order chi connectivity index (χ0) is 97.1. The minimum absolute atomic E-state index is 0.00463. The van der Waals surface area contributed by atoms with Crippen molar-refractivity contribution in [1.82, 2.24) is 39.1 Å². The highest BCUT2D eigenvalue weighted by Crippen LogP contribution is 2.38. The molecule has 30 nitrogen and oxygen atoms in total. The number of nitriles is 1. The molecule has 3 aromatic heterocycles. The molecule has 5 heterocycles. The number of phenolic OH excluding ortho intramolecular Hbond substituents is 5. The highest BCUT2D eigenvalue weighted by Gasteiger charge is 2.27. The molecule has 0 unspecified atom stereocenters. The molecule has 13 aromatic rings. The monoisotopic (exact) mass is 1810 g/mol. The van der Waals surface area contributed by atoms with Gasteiger partial charge in [-0.05, 0) is 159 Å². The van der Waals surface area contributed by atoms with Crippen LogP contribution in [0, 0.1) is 51.4 Å². The van der Waals surface area contributed by atoms with Crippen LogP contribution in [0.3, 0.4) is 0 Å². The molecule has 0 aliphatic carbocycles. The SMILES string of the molecule is CC(C)(C)C(=O)CC#N.Cc1ccc(-n2nc(C(C)(C)C)cc2N)c(O)c1.Cc1ccc(-n2nc(C(C)(C)C)cc2NC(=O)Nc2ccc(OCCN3CCOCC3)c3ccccc23)c(O)c1.Cc1ccc(-n2nc(C(C)(C)C)cc2NC(=O)Oc2ccccc2)c(O)c1.Cc1ccc(N)c(O)c1.Cc1ccc(NN)c(O)c1.Nc1ccc(OCCN2CCOCC2)c2ccccc12. The number of hydrogen-bond acceptors (Lipinski definition) is 24. The van der Waals surface area contributed by atoms with Crippen LogP contribution in [0.15, 0.2) is 212 Å². The molecule has 17 N–H and O–H groups in total. The van der Waals surface area contributed by atoms with Gasteiger partial charge in [0.2, 0.25) is 0 Å². The van der Waals surface area contributed by atoms with Gasteiger partial charge in [-0.3, -0.25) is 31.1 Å². The van der Waals surface area contributed by atoms with E-state index in [2.05, 4.69) is 89.0 Å². The average Bonchev–Trinajstić information content (AvgIpc) is 1.76. The number of morpholine rings is 2. The second-order valence-electron chi connectivity index (χ2n) is 36.3. The zero-order valence-corrected chi connectivity index (χ0v) is 79.2. The van der Waals surface area contributed by atoms with E-state index in [1.54, 1.807) is 94.3 Å². The maximum atomic E-state index is 13.3. The Hall–Kier alpha value is -14.4. The highest BCUT2D eigenvalue weighted by atomic mass is 16.6. The second-order valence-corrected chi connectivity index (χ2v) is 36.3. The van der Waals surface area contributed by atoms with Gasteiger partial charge in [0.05, 0.1) is 73.1 Å². The predicted octanol–water partition coefficient (Wildman–Crippen LogP) is 19.2. The minimum atomic E-state index is -0.630. The summed E-state index contributed by atoms with van der Waals surface area (Å²) in [4.78, 5) is 41.1. The molecule has 2 fully saturated rings. The standard InChI is InChI=1S/C31H37N5O4.C21H23N3O3.C16H20N2O2.C14H19N3O.C7H10N2O.C7H9NO.C7H11NO/c1-21-9-11-25(26(37)19-21)36-29(20-28(34-36)31(2,3)4)33-30(38)32-24-10-12-27(23-8-6-5-7-22(23)24)40-18-15-35-13-16-39-17-14-35;1-14-10-11-16(17(25)12-14)24-19(13-18(23-24)21(2,3)4)22-20(26)27-15-8-6-5-7-9-15;17-15-5-6-16(14-4-2-1-3-13(14)15)20-12-9-18-7-10-19-11-8-18;1-9-5-6-10(11(18)7-9)17-13(15)8-12(16-17)14(2,3)4;1-5-2-3-6(9-8)7(10)4-5;1-5-2-3-6(8)7(9)4-5;1-7(2,3)6(9)4-5-8/h5-12,19-20,37H,13-18H2,1-4H3,(H2,32,33,38);5-13,25H,1-4H3,(H,22,26);1-6H,7-12,17H2;5-8,18H,15H2,1-4H3;2-4,9-10H,8H2,1H3;2-4,9H,8H2,1H3;4H2,1-3H3. The molecule has 0 bridgehead atoms. The number of urea groups is 1. The molecule has 0 spiro atoms. The lowest BCUT2D eigenvalue weighted by molar-refractivity contribution is -0.125. The minimum Gasteiger partial charge on any atom is -0.506 e. The number of nitrogens with zero attached hydrogens (tertiary/aromatic N) is 9. The van der Waals surface area contributed by atoms with E-state index in [9.17, 15) is 29.7 Å². The molecular weight excluding hydrogens is 1680 g/mol. The number of ketones is 1. The summed E-state index contributed by atoms with van der Waals surface area (Å²) in [5.74, 6) is 9.31. The number of ether oxygens (including phenoxy) is 5. The molecule has 2 aliphatic rings. The van der Waals surface area contributed by atoms with Crippen LogP contribution in [0.5, 0.6) is 46.0 Å². The maximum Gasteiger partial charge on any atom is 0.418 e. The van der Waals surface area contributed by atoms with E-state index >= 15 is 0 Å². The topological polar surface area (TPSA) is 434 Å². The first-order valence-electron chi connectivity index (χ1n) is 43.9. The summed E-state index contributed by atoms with van der Waals surface area (Å²) in [7, 11) is 0. The van der Waals surface area contributed by atoms with Gasteiger partial charge in [0, 0.05) is 106 Å². The van der Waals surface area contributed by atoms with Crippen LogP contribution in [-0.4, -0.2) is 161 Å². The van der Waals surface area contributed by atoms with Crippen molar-refractivity contribution in [3.05, 3.63) is 257 Å². The van der Waals surface area contributed by atoms with Crippen LogP contribution in [-0.2, 0) is 30.5 Å². The van der Waals surface area contributed by atoms with Crippen molar-refractivity contribution in [1.29, 1.82) is 5.26 Å². The van der Waals surface area contributed by atoms with Gasteiger partial charge in [-0.2, -0.15) is 20.6 Å². The van der Waals surface area contributed by atoms with E-state index in [4.69, 9.17) is 67.3 Å². The zero-order valence-electron chi connectivity index (χ0n) is 79.2. The highest BCUT2D eigenvalue weighted by molar-refractivity contribution is 6.07. The third kappa shape index (κ3) is 30.4. The predicted molar refractivity (Wildman–Crippen MR) is 530 cm³/mol. The summed E-state index contributed by atoms with van der Waals surface area (Å²) < 4.78 is 32.8. The third-order valence-electron chi connectivity index (χ3n) is 21.1. The summed E-state index contributed by atoms with van der Waals surface area (Å²) >= 11 is 0. The van der Waals surface area contributed by atoms with Gasteiger partial charge >= 0.3 is 12.1 Å². The number of rotatable bonds is 17. The molecule has 0 radical (unpaired) electrons. The number of nitrogen functional groups attached to an aromatic ring is 4. The van der Waals surface area contributed by atoms with E-state index < -0.39 is 12.1 Å². The van der Waals surface area contributed by atoms with E-state index in [0.717, 1.165) is 149 Å². The number of carbonyl (C=O) groups excluding carboxylic acids is 3. The summed E-state index contributed by atoms with van der Waals surface area (Å²) in [5, 5.41) is 83.5. The van der Waals surface area contributed by atoms with Gasteiger partial charge in [-0.25, -0.2) is 23.6 Å². The first kappa shape index (κ1) is 102. The van der Waals surface area contributed by atoms with Crippen molar-refractivity contribution in [3.8, 4) is 69.1 Å². The first-order chi connectivity index (χ1) is 63.0. The van der Waals surface area contributed by atoms with Crippen molar-refractivity contribution in [2.45, 2.75) is 140 Å². The number of Topliss-reactive ketones (excluding diaryl/α,β-unsaturated/α-hetero) is 1. The Labute approximate surface area is 779 Å². The van der Waals surface area contributed by atoms with Crippen LogP contribution >= 0.6 is 0 Å². The number of para-hydroxylation sites is 1. The lowest BCUT2D eigenvalue weighted by atomic mass is 9.89. The van der Waals surface area contributed by atoms with Crippen LogP contribution in [0.2, 0.25) is 0 Å². The largest absolute Gasteiger partial charge is 0.506 e. The molecule has 0 atom stereocenters. The molecule has 2 aliphatic heterocycles. The van der Waals surface area contributed by atoms with Crippen LogP contribution in [0.25, 0.3) is 38.6 Å². The van der Waals surface area contributed by atoms with Crippen molar-refractivity contribution in [2.24, 2.45) is 11.3 Å². The molecule has 10 aromatic carbocycles.